The average Bonchev–Trinajstić information content (AvgIpc) is 2.77. The summed E-state index contributed by atoms with van der Waals surface area (Å²) in [5.74, 6) is -0.910. The number of alkyl carbamates (subject to hydrolysis) is 1. The molecule has 0 aliphatic carbocycles. The van der Waals surface area contributed by atoms with E-state index in [4.69, 9.17) is 24.1 Å². The van der Waals surface area contributed by atoms with E-state index in [1.54, 1.807) is 13.0 Å². The first-order chi connectivity index (χ1) is 15.6. The first-order valence-corrected chi connectivity index (χ1v) is 11.7. The van der Waals surface area contributed by atoms with Crippen LogP contribution >= 0.6 is 0 Å². The van der Waals surface area contributed by atoms with Crippen molar-refractivity contribution in [1.29, 1.82) is 0 Å². The van der Waals surface area contributed by atoms with Crippen LogP contribution in [0.2, 0.25) is 0 Å². The number of aliphatic carboxylic acids is 1. The molecule has 0 saturated heterocycles. The Labute approximate surface area is 193 Å². The quantitative estimate of drug-likeness (QED) is 0.132. The molecule has 0 fully saturated rings. The molecule has 0 heterocycles. The van der Waals surface area contributed by atoms with E-state index in [0.717, 1.165) is 19.3 Å². The van der Waals surface area contributed by atoms with E-state index in [0.29, 0.717) is 64.8 Å². The molecule has 0 spiro atoms. The van der Waals surface area contributed by atoms with E-state index in [1.807, 2.05) is 6.08 Å². The van der Waals surface area contributed by atoms with Gasteiger partial charge in [-0.15, -0.1) is 6.58 Å². The number of hydrogen-bond donors (Lipinski definition) is 2. The summed E-state index contributed by atoms with van der Waals surface area (Å²) in [6.07, 6.45) is 13.0. The van der Waals surface area contributed by atoms with Crippen LogP contribution in [-0.2, 0) is 23.7 Å². The molecule has 8 nitrogen and oxygen atoms in total. The van der Waals surface area contributed by atoms with E-state index in [1.165, 1.54) is 32.1 Å². The standard InChI is InChI=1S/C24H43NO7/c1-3-4-5-6-7-8-9-10-11-16-32-24(28)25-14-17-30-19-21-31-20-18-29-15-12-13-22(2)23(26)27/h3,13H,1,4-12,14-21H2,2H3,(H,25,28)(H,26,27)/b22-13+. The van der Waals surface area contributed by atoms with Crippen molar-refractivity contribution in [3.05, 3.63) is 24.3 Å². The van der Waals surface area contributed by atoms with Gasteiger partial charge < -0.3 is 29.4 Å². The number of carboxylic acids is 1. The van der Waals surface area contributed by atoms with E-state index < -0.39 is 12.1 Å². The van der Waals surface area contributed by atoms with Crippen molar-refractivity contribution in [2.24, 2.45) is 0 Å². The van der Waals surface area contributed by atoms with E-state index in [2.05, 4.69) is 11.9 Å². The molecular formula is C24H43NO7. The number of rotatable bonds is 23. The largest absolute Gasteiger partial charge is 0.478 e. The lowest BCUT2D eigenvalue weighted by molar-refractivity contribution is -0.132. The number of amides is 1. The fraction of sp³-hybridized carbons (Fsp3) is 0.750. The molecule has 0 saturated carbocycles. The van der Waals surface area contributed by atoms with Gasteiger partial charge in [0.25, 0.3) is 0 Å². The van der Waals surface area contributed by atoms with Crippen LogP contribution in [0.15, 0.2) is 24.3 Å². The number of ether oxygens (including phenoxy) is 4. The van der Waals surface area contributed by atoms with E-state index >= 15 is 0 Å². The number of unbranched alkanes of at least 4 members (excludes halogenated alkanes) is 7. The van der Waals surface area contributed by atoms with Crippen LogP contribution in [0.1, 0.15) is 64.7 Å². The molecule has 186 valence electrons. The first-order valence-electron chi connectivity index (χ1n) is 11.7. The van der Waals surface area contributed by atoms with Gasteiger partial charge in [0.2, 0.25) is 0 Å². The summed E-state index contributed by atoms with van der Waals surface area (Å²) in [7, 11) is 0. The van der Waals surface area contributed by atoms with Crippen LogP contribution < -0.4 is 5.32 Å². The minimum absolute atomic E-state index is 0.321. The van der Waals surface area contributed by atoms with Crippen molar-refractivity contribution >= 4 is 12.1 Å². The SMILES string of the molecule is C=CCCCCCCCCCOC(=O)NCCOCCOCCOCC/C=C(\C)C(=O)O. The van der Waals surface area contributed by atoms with Gasteiger partial charge in [-0.05, 0) is 32.6 Å². The van der Waals surface area contributed by atoms with Gasteiger partial charge in [-0.1, -0.05) is 44.3 Å². The minimum Gasteiger partial charge on any atom is -0.478 e. The number of carbonyl (C=O) groups is 2. The molecule has 0 aromatic heterocycles. The van der Waals surface area contributed by atoms with Gasteiger partial charge in [-0.2, -0.15) is 0 Å². The van der Waals surface area contributed by atoms with Crippen molar-refractivity contribution in [1.82, 2.24) is 5.32 Å². The average molecular weight is 458 g/mol. The summed E-state index contributed by atoms with van der Waals surface area (Å²) in [5, 5.41) is 11.4. The van der Waals surface area contributed by atoms with Crippen LogP contribution in [0, 0.1) is 0 Å². The fourth-order valence-electron chi connectivity index (χ4n) is 2.70. The topological polar surface area (TPSA) is 103 Å². The lowest BCUT2D eigenvalue weighted by atomic mass is 10.1. The maximum absolute atomic E-state index is 11.6. The van der Waals surface area contributed by atoms with Crippen LogP contribution in [0.5, 0.6) is 0 Å². The van der Waals surface area contributed by atoms with Gasteiger partial charge in [0.05, 0.1) is 46.2 Å². The molecule has 0 atom stereocenters. The molecule has 0 bridgehead atoms. The number of carbonyl (C=O) groups excluding carboxylic acids is 1. The maximum Gasteiger partial charge on any atom is 0.407 e. The smallest absolute Gasteiger partial charge is 0.407 e. The minimum atomic E-state index is -0.910. The summed E-state index contributed by atoms with van der Waals surface area (Å²) in [4.78, 5) is 22.2. The Hall–Kier alpha value is -1.90. The molecule has 1 amide bonds. The van der Waals surface area contributed by atoms with Gasteiger partial charge in [-0.25, -0.2) is 9.59 Å². The van der Waals surface area contributed by atoms with Gasteiger partial charge in [0.15, 0.2) is 0 Å². The van der Waals surface area contributed by atoms with Gasteiger partial charge >= 0.3 is 12.1 Å². The zero-order valence-electron chi connectivity index (χ0n) is 19.8. The Balaban J connectivity index is 3.24. The molecular weight excluding hydrogens is 414 g/mol. The highest BCUT2D eigenvalue weighted by molar-refractivity contribution is 5.85. The van der Waals surface area contributed by atoms with Crippen LogP contribution in [0.4, 0.5) is 4.79 Å². The number of hydrogen-bond acceptors (Lipinski definition) is 6. The lowest BCUT2D eigenvalue weighted by Gasteiger charge is -2.08. The molecule has 0 aromatic carbocycles. The molecule has 0 aromatic rings. The van der Waals surface area contributed by atoms with Crippen molar-refractivity contribution in [3.63, 3.8) is 0 Å². The van der Waals surface area contributed by atoms with Crippen molar-refractivity contribution < 1.29 is 33.6 Å². The zero-order valence-corrected chi connectivity index (χ0v) is 19.8. The van der Waals surface area contributed by atoms with Crippen LogP contribution in [0.3, 0.4) is 0 Å². The third-order valence-electron chi connectivity index (χ3n) is 4.60. The van der Waals surface area contributed by atoms with Crippen LogP contribution in [0.25, 0.3) is 0 Å². The Kier molecular flexibility index (Phi) is 22.3. The third-order valence-corrected chi connectivity index (χ3v) is 4.60. The molecule has 2 N–H and O–H groups in total. The van der Waals surface area contributed by atoms with Gasteiger partial charge in [0.1, 0.15) is 0 Å². The van der Waals surface area contributed by atoms with Crippen LogP contribution in [-0.4, -0.2) is 70.0 Å². The van der Waals surface area contributed by atoms with E-state index in [-0.39, 0.29) is 0 Å². The molecule has 0 radical (unpaired) electrons. The highest BCUT2D eigenvalue weighted by Gasteiger charge is 2.01. The first kappa shape index (κ1) is 30.1. The highest BCUT2D eigenvalue weighted by Crippen LogP contribution is 2.08. The van der Waals surface area contributed by atoms with Crippen molar-refractivity contribution in [2.75, 3.05) is 52.8 Å². The second-order valence-electron chi connectivity index (χ2n) is 7.43. The number of nitrogens with one attached hydrogen (secondary N) is 1. The number of allylic oxidation sites excluding steroid dienone is 1. The zero-order chi connectivity index (χ0) is 23.7. The molecule has 0 rings (SSSR count). The molecule has 32 heavy (non-hydrogen) atoms. The summed E-state index contributed by atoms with van der Waals surface area (Å²) in [6, 6.07) is 0. The fourth-order valence-corrected chi connectivity index (χ4v) is 2.70. The van der Waals surface area contributed by atoms with Crippen molar-refractivity contribution in [3.8, 4) is 0 Å². The van der Waals surface area contributed by atoms with Gasteiger partial charge in [-0.3, -0.25) is 0 Å². The maximum atomic E-state index is 11.6. The molecule has 0 aliphatic heterocycles. The molecule has 0 aliphatic rings. The monoisotopic (exact) mass is 457 g/mol. The van der Waals surface area contributed by atoms with Gasteiger partial charge in [0, 0.05) is 12.1 Å². The highest BCUT2D eigenvalue weighted by atomic mass is 16.6. The summed E-state index contributed by atoms with van der Waals surface area (Å²) in [6.45, 7) is 8.77. The Bertz CT molecular complexity index is 509. The Morgan fingerprint density at radius 3 is 1.97 bits per heavy atom. The Morgan fingerprint density at radius 1 is 0.781 bits per heavy atom. The second-order valence-corrected chi connectivity index (χ2v) is 7.43. The summed E-state index contributed by atoms with van der Waals surface area (Å²) >= 11 is 0. The molecule has 0 unspecified atom stereocenters. The normalized spacial score (nSPS) is 11.3. The predicted molar refractivity (Wildman–Crippen MR) is 125 cm³/mol. The second kappa shape index (κ2) is 23.8. The van der Waals surface area contributed by atoms with Crippen molar-refractivity contribution in [2.45, 2.75) is 64.7 Å². The third kappa shape index (κ3) is 22.8. The Morgan fingerprint density at radius 2 is 1.34 bits per heavy atom. The predicted octanol–water partition coefficient (Wildman–Crippen LogP) is 4.49. The molecule has 8 heteroatoms. The summed E-state index contributed by atoms with van der Waals surface area (Å²) < 4.78 is 21.2. The lowest BCUT2D eigenvalue weighted by Crippen LogP contribution is -2.28. The number of carboxylic acid groups (broad SMARTS) is 1. The van der Waals surface area contributed by atoms with E-state index in [9.17, 15) is 9.59 Å². The summed E-state index contributed by atoms with van der Waals surface area (Å²) in [5.41, 5.74) is 0.321.